The summed E-state index contributed by atoms with van der Waals surface area (Å²) >= 11 is 0.751. The second-order valence-electron chi connectivity index (χ2n) is 11.3. The molecule has 2 saturated heterocycles. The third-order valence-electron chi connectivity index (χ3n) is 8.20. The summed E-state index contributed by atoms with van der Waals surface area (Å²) in [6.45, 7) is -2.01. The maximum Gasteiger partial charge on any atom is 0.341 e. The smallest absolute Gasteiger partial charge is 0.341 e. The number of aliphatic hydroxyl groups excluding tert-OH is 6. The van der Waals surface area contributed by atoms with Crippen molar-refractivity contribution in [2.24, 2.45) is 0 Å². The highest BCUT2D eigenvalue weighted by Gasteiger charge is 2.51. The summed E-state index contributed by atoms with van der Waals surface area (Å²) in [6.07, 6.45) is -11.3. The fourth-order valence-electron chi connectivity index (χ4n) is 5.64. The molecule has 2 aliphatic rings. The number of thioether (sulfide) groups is 1. The van der Waals surface area contributed by atoms with Crippen molar-refractivity contribution in [3.8, 4) is 0 Å². The Morgan fingerprint density at radius 3 is 1.43 bits per heavy atom. The predicted molar refractivity (Wildman–Crippen MR) is 165 cm³/mol. The number of fused-ring (bicyclic) bond motifs is 2. The van der Waals surface area contributed by atoms with E-state index in [2.05, 4.69) is 0 Å². The zero-order chi connectivity index (χ0) is 33.2. The van der Waals surface area contributed by atoms with Gasteiger partial charge in [-0.3, -0.25) is 0 Å². The van der Waals surface area contributed by atoms with E-state index in [9.17, 15) is 40.2 Å². The first-order valence-electron chi connectivity index (χ1n) is 14.9. The van der Waals surface area contributed by atoms with E-state index >= 15 is 0 Å². The molecular formula is C32H34O14S. The Hall–Kier alpha value is -3.19. The average molecular weight is 675 g/mol. The van der Waals surface area contributed by atoms with Crippen LogP contribution in [0, 0.1) is 0 Å². The topological polar surface area (TPSA) is 219 Å². The molecule has 2 aliphatic heterocycles. The van der Waals surface area contributed by atoms with Crippen molar-refractivity contribution in [1.82, 2.24) is 0 Å². The minimum atomic E-state index is -1.57. The lowest BCUT2D eigenvalue weighted by atomic mass is 9.99. The van der Waals surface area contributed by atoms with Crippen LogP contribution in [0.25, 0.3) is 21.9 Å². The molecule has 2 aromatic heterocycles. The highest BCUT2D eigenvalue weighted by Crippen LogP contribution is 2.38. The Morgan fingerprint density at radius 2 is 1.02 bits per heavy atom. The van der Waals surface area contributed by atoms with Crippen molar-refractivity contribution in [3.63, 3.8) is 0 Å². The van der Waals surface area contributed by atoms with E-state index in [0.29, 0.717) is 21.9 Å². The Morgan fingerprint density at radius 1 is 0.617 bits per heavy atom. The first-order chi connectivity index (χ1) is 22.7. The van der Waals surface area contributed by atoms with Crippen molar-refractivity contribution in [2.45, 2.75) is 72.9 Å². The van der Waals surface area contributed by atoms with Gasteiger partial charge in [-0.15, -0.1) is 0 Å². The first kappa shape index (κ1) is 33.7. The van der Waals surface area contributed by atoms with Gasteiger partial charge in [-0.2, -0.15) is 0 Å². The lowest BCUT2D eigenvalue weighted by Crippen LogP contribution is -2.61. The van der Waals surface area contributed by atoms with Gasteiger partial charge in [0.05, 0.1) is 37.6 Å². The largest absolute Gasteiger partial charge is 0.422 e. The molecule has 0 radical (unpaired) electrons. The second kappa shape index (κ2) is 14.5. The molecule has 6 N–H and O–H groups in total. The lowest BCUT2D eigenvalue weighted by molar-refractivity contribution is -0.231. The van der Waals surface area contributed by atoms with Crippen LogP contribution in [0.1, 0.15) is 11.1 Å². The molecule has 4 aromatic rings. The molecule has 47 heavy (non-hydrogen) atoms. The van der Waals surface area contributed by atoms with Gasteiger partial charge in [0.15, 0.2) is 0 Å². The number of hydrogen-bond acceptors (Lipinski definition) is 15. The van der Waals surface area contributed by atoms with Crippen LogP contribution < -0.4 is 11.3 Å². The number of ether oxygens (including phenoxy) is 4. The molecule has 14 nitrogen and oxygen atoms in total. The SMILES string of the molecule is O=c1oc2ccccc2cc1COC1[C@@H](O)C(CO)O[C@@H](S[C@@H]2OC(CO)[C@H](O)C(OCc3cc4ccccc4oc3=O)[C@@H]2O)[C@@H]1O. The van der Waals surface area contributed by atoms with E-state index in [0.717, 1.165) is 11.8 Å². The van der Waals surface area contributed by atoms with E-state index in [1.807, 2.05) is 0 Å². The molecule has 2 aromatic carbocycles. The molecule has 0 aliphatic carbocycles. The predicted octanol–water partition coefficient (Wildman–Crippen LogP) is -0.0188. The fourth-order valence-corrected chi connectivity index (χ4v) is 6.95. The van der Waals surface area contributed by atoms with Gasteiger partial charge in [0.25, 0.3) is 0 Å². The molecule has 0 amide bonds. The quantitative estimate of drug-likeness (QED) is 0.122. The third-order valence-corrected chi connectivity index (χ3v) is 9.52. The maximum absolute atomic E-state index is 12.5. The second-order valence-corrected chi connectivity index (χ2v) is 12.5. The molecule has 4 heterocycles. The molecule has 0 bridgehead atoms. The highest BCUT2D eigenvalue weighted by atomic mass is 32.2. The van der Waals surface area contributed by atoms with Gasteiger partial charge in [0, 0.05) is 10.8 Å². The molecule has 0 spiro atoms. The number of rotatable bonds is 10. The monoisotopic (exact) mass is 674 g/mol. The van der Waals surface area contributed by atoms with E-state index < -0.39 is 84.2 Å². The van der Waals surface area contributed by atoms with E-state index in [1.165, 1.54) is 0 Å². The Balaban J connectivity index is 1.17. The normalized spacial score (nSPS) is 31.4. The summed E-state index contributed by atoms with van der Waals surface area (Å²) in [6, 6.07) is 16.9. The van der Waals surface area contributed by atoms with Crippen molar-refractivity contribution in [3.05, 3.63) is 92.6 Å². The minimum absolute atomic E-state index is 0.130. The molecule has 4 unspecified atom stereocenters. The van der Waals surface area contributed by atoms with Gasteiger partial charge in [-0.05, 0) is 24.3 Å². The van der Waals surface area contributed by atoms with Gasteiger partial charge >= 0.3 is 11.3 Å². The van der Waals surface area contributed by atoms with Gasteiger partial charge < -0.3 is 58.4 Å². The standard InChI is InChI=1S/C32H34O14S/c33-11-21-23(35)27(41-13-17-9-15-5-1-3-7-19(15)43-29(17)39)25(37)31(45-21)47-32-26(38)28(24(36)22(12-34)46-32)42-14-18-10-16-6-2-4-8-20(16)44-30(18)40/h1-10,21-28,31-38H,11-14H2/t21?,22?,23-,24-,25-,26+,27?,28?,31-,32-/m0/s1. The summed E-state index contributed by atoms with van der Waals surface area (Å²) in [5, 5.41) is 65.3. The van der Waals surface area contributed by atoms with E-state index in [4.69, 9.17) is 27.8 Å². The number of para-hydroxylation sites is 2. The van der Waals surface area contributed by atoms with Gasteiger partial charge in [-0.25, -0.2) is 9.59 Å². The number of benzene rings is 2. The Kier molecular flexibility index (Phi) is 10.4. The first-order valence-corrected chi connectivity index (χ1v) is 15.8. The van der Waals surface area contributed by atoms with Crippen LogP contribution in [0.4, 0.5) is 0 Å². The molecular weight excluding hydrogens is 640 g/mol. The van der Waals surface area contributed by atoms with Crippen LogP contribution in [0.5, 0.6) is 0 Å². The van der Waals surface area contributed by atoms with Gasteiger partial charge in [0.2, 0.25) is 0 Å². The molecule has 10 atom stereocenters. The zero-order valence-corrected chi connectivity index (χ0v) is 25.5. The van der Waals surface area contributed by atoms with Crippen LogP contribution in [-0.4, -0.2) is 104 Å². The van der Waals surface area contributed by atoms with Gasteiger partial charge in [-0.1, -0.05) is 48.2 Å². The molecule has 0 saturated carbocycles. The molecule has 6 rings (SSSR count). The fraction of sp³-hybridized carbons (Fsp3) is 0.438. The summed E-state index contributed by atoms with van der Waals surface area (Å²) in [5.74, 6) is 0. The Labute approximate surface area is 270 Å². The van der Waals surface area contributed by atoms with Crippen LogP contribution in [0.3, 0.4) is 0 Å². The van der Waals surface area contributed by atoms with Gasteiger partial charge in [0.1, 0.15) is 70.9 Å². The maximum atomic E-state index is 12.5. The lowest BCUT2D eigenvalue weighted by Gasteiger charge is -2.46. The highest BCUT2D eigenvalue weighted by molar-refractivity contribution is 8.00. The molecule has 252 valence electrons. The van der Waals surface area contributed by atoms with Crippen LogP contribution >= 0.6 is 11.8 Å². The van der Waals surface area contributed by atoms with Crippen molar-refractivity contribution in [1.29, 1.82) is 0 Å². The van der Waals surface area contributed by atoms with Crippen LogP contribution in [0.2, 0.25) is 0 Å². The summed E-state index contributed by atoms with van der Waals surface area (Å²) in [7, 11) is 0. The van der Waals surface area contributed by atoms with E-state index in [-0.39, 0.29) is 24.3 Å². The van der Waals surface area contributed by atoms with Crippen molar-refractivity contribution in [2.75, 3.05) is 13.2 Å². The Bertz CT molecular complexity index is 1660. The van der Waals surface area contributed by atoms with Crippen molar-refractivity contribution < 1.29 is 58.4 Å². The summed E-state index contributed by atoms with van der Waals surface area (Å²) in [5.41, 5.74) is -2.84. The third kappa shape index (κ3) is 7.02. The van der Waals surface area contributed by atoms with Crippen LogP contribution in [0.15, 0.2) is 79.1 Å². The molecule has 2 fully saturated rings. The summed E-state index contributed by atoms with van der Waals surface area (Å²) in [4.78, 5) is 25.1. The number of hydrogen-bond donors (Lipinski definition) is 6. The minimum Gasteiger partial charge on any atom is -0.422 e. The van der Waals surface area contributed by atoms with Crippen molar-refractivity contribution >= 4 is 33.7 Å². The number of aliphatic hydroxyl groups is 6. The van der Waals surface area contributed by atoms with E-state index in [1.54, 1.807) is 60.7 Å². The van der Waals surface area contributed by atoms with Crippen LogP contribution in [-0.2, 0) is 32.2 Å². The summed E-state index contributed by atoms with van der Waals surface area (Å²) < 4.78 is 33.7. The molecule has 15 heteroatoms. The average Bonchev–Trinajstić information content (AvgIpc) is 3.07. The zero-order valence-electron chi connectivity index (χ0n) is 24.7.